The molecule has 0 aromatic heterocycles. The average molecular weight is 249 g/mol. The van der Waals surface area contributed by atoms with Crippen molar-refractivity contribution in [1.82, 2.24) is 0 Å². The van der Waals surface area contributed by atoms with Crippen LogP contribution in [-0.4, -0.2) is 5.88 Å². The van der Waals surface area contributed by atoms with Gasteiger partial charge in [-0.15, -0.1) is 11.6 Å². The summed E-state index contributed by atoms with van der Waals surface area (Å²) in [5, 5.41) is 0. The normalized spacial score (nSPS) is 9.88. The maximum absolute atomic E-state index is 5.66. The van der Waals surface area contributed by atoms with Gasteiger partial charge in [0.1, 0.15) is 0 Å². The van der Waals surface area contributed by atoms with Gasteiger partial charge in [0.15, 0.2) is 0 Å². The van der Waals surface area contributed by atoms with Crippen LogP contribution < -0.4 is 0 Å². The molecule has 1 aromatic rings. The Labute approximate surface area is 110 Å². The summed E-state index contributed by atoms with van der Waals surface area (Å²) in [5.41, 5.74) is 5.41. The highest BCUT2D eigenvalue weighted by molar-refractivity contribution is 6.18. The monoisotopic (exact) mass is 248 g/mol. The molecular formula is C16H21Cl. The van der Waals surface area contributed by atoms with Gasteiger partial charge in [0.25, 0.3) is 0 Å². The van der Waals surface area contributed by atoms with Crippen molar-refractivity contribution < 1.29 is 0 Å². The first-order chi connectivity index (χ1) is 8.26. The van der Waals surface area contributed by atoms with Crippen LogP contribution in [0.4, 0.5) is 0 Å². The molecule has 0 aliphatic rings. The largest absolute Gasteiger partial charge is 0.126 e. The molecule has 1 aromatic carbocycles. The highest BCUT2D eigenvalue weighted by Crippen LogP contribution is 2.19. The van der Waals surface area contributed by atoms with Gasteiger partial charge in [0, 0.05) is 17.9 Å². The molecule has 0 bridgehead atoms. The number of aryl methyl sites for hydroxylation is 3. The molecule has 1 heteroatoms. The number of halogens is 1. The van der Waals surface area contributed by atoms with Crippen molar-refractivity contribution in [2.45, 2.75) is 46.5 Å². The minimum absolute atomic E-state index is 0.614. The number of rotatable bonds is 4. The van der Waals surface area contributed by atoms with Gasteiger partial charge < -0.3 is 0 Å². The minimum atomic E-state index is 0.614. The van der Waals surface area contributed by atoms with Gasteiger partial charge in [-0.25, -0.2) is 0 Å². The summed E-state index contributed by atoms with van der Waals surface area (Å²) in [6, 6.07) is 4.59. The molecule has 0 fully saturated rings. The molecule has 0 unspecified atom stereocenters. The maximum atomic E-state index is 5.66. The first-order valence-corrected chi connectivity index (χ1v) is 6.99. The van der Waals surface area contributed by atoms with Gasteiger partial charge in [-0.05, 0) is 36.0 Å². The standard InChI is InChI=1S/C16H21Cl/c1-4-13-11-14(5-2)16(9-7-8-10-17)15(6-3)12-13/h11-12H,4-6,8,10H2,1-3H3. The van der Waals surface area contributed by atoms with Crippen LogP contribution >= 0.6 is 11.6 Å². The van der Waals surface area contributed by atoms with Crippen LogP contribution in [0.1, 0.15) is 49.4 Å². The van der Waals surface area contributed by atoms with E-state index >= 15 is 0 Å². The van der Waals surface area contributed by atoms with E-state index in [-0.39, 0.29) is 0 Å². The van der Waals surface area contributed by atoms with Gasteiger partial charge >= 0.3 is 0 Å². The molecule has 0 N–H and O–H groups in total. The number of benzene rings is 1. The van der Waals surface area contributed by atoms with Gasteiger partial charge in [-0.2, -0.15) is 0 Å². The molecule has 0 heterocycles. The molecule has 17 heavy (non-hydrogen) atoms. The van der Waals surface area contributed by atoms with Crippen LogP contribution in [0.25, 0.3) is 0 Å². The summed E-state index contributed by atoms with van der Waals surface area (Å²) in [7, 11) is 0. The molecule has 0 atom stereocenters. The van der Waals surface area contributed by atoms with E-state index in [4.69, 9.17) is 11.6 Å². The van der Waals surface area contributed by atoms with E-state index in [0.29, 0.717) is 5.88 Å². The summed E-state index contributed by atoms with van der Waals surface area (Å²) in [6.07, 6.45) is 3.95. The predicted octanol–water partition coefficient (Wildman–Crippen LogP) is 4.35. The smallest absolute Gasteiger partial charge is 0.0333 e. The van der Waals surface area contributed by atoms with Crippen LogP contribution in [0.5, 0.6) is 0 Å². The second-order valence-electron chi connectivity index (χ2n) is 4.09. The second-order valence-corrected chi connectivity index (χ2v) is 4.47. The molecule has 0 spiro atoms. The number of hydrogen-bond donors (Lipinski definition) is 0. The van der Waals surface area contributed by atoms with E-state index in [1.807, 2.05) is 0 Å². The minimum Gasteiger partial charge on any atom is -0.126 e. The summed E-state index contributed by atoms with van der Waals surface area (Å²) < 4.78 is 0. The Morgan fingerprint density at radius 2 is 1.59 bits per heavy atom. The van der Waals surface area contributed by atoms with Gasteiger partial charge in [-0.1, -0.05) is 44.7 Å². The van der Waals surface area contributed by atoms with Crippen LogP contribution in [0, 0.1) is 11.8 Å². The van der Waals surface area contributed by atoms with E-state index < -0.39 is 0 Å². The van der Waals surface area contributed by atoms with E-state index in [1.54, 1.807) is 0 Å². The Hall–Kier alpha value is -0.930. The van der Waals surface area contributed by atoms with Crippen LogP contribution in [0.2, 0.25) is 0 Å². The van der Waals surface area contributed by atoms with Crippen molar-refractivity contribution in [3.05, 3.63) is 34.4 Å². The average Bonchev–Trinajstić information content (AvgIpc) is 2.38. The molecule has 0 saturated carbocycles. The van der Waals surface area contributed by atoms with E-state index in [9.17, 15) is 0 Å². The quantitative estimate of drug-likeness (QED) is 0.549. The first kappa shape index (κ1) is 14.1. The Morgan fingerprint density at radius 1 is 1.00 bits per heavy atom. The highest BCUT2D eigenvalue weighted by atomic mass is 35.5. The molecule has 0 amide bonds. The van der Waals surface area contributed by atoms with Crippen LogP contribution in [0.3, 0.4) is 0 Å². The fourth-order valence-corrected chi connectivity index (χ4v) is 2.05. The summed E-state index contributed by atoms with van der Waals surface area (Å²) in [4.78, 5) is 0. The van der Waals surface area contributed by atoms with E-state index in [1.165, 1.54) is 22.3 Å². The fourth-order valence-electron chi connectivity index (χ4n) is 1.96. The van der Waals surface area contributed by atoms with Crippen LogP contribution in [-0.2, 0) is 19.3 Å². The third-order valence-electron chi connectivity index (χ3n) is 2.96. The highest BCUT2D eigenvalue weighted by Gasteiger charge is 2.06. The molecule has 1 rings (SSSR count). The van der Waals surface area contributed by atoms with E-state index in [0.717, 1.165) is 25.7 Å². The molecule has 0 saturated heterocycles. The lowest BCUT2D eigenvalue weighted by Gasteiger charge is -2.10. The third-order valence-corrected chi connectivity index (χ3v) is 3.15. The Bertz CT molecular complexity index is 396. The Balaban J connectivity index is 3.21. The topological polar surface area (TPSA) is 0 Å². The lowest BCUT2D eigenvalue weighted by molar-refractivity contribution is 1.03. The van der Waals surface area contributed by atoms with Gasteiger partial charge in [-0.3, -0.25) is 0 Å². The SMILES string of the molecule is CCc1cc(CC)c(C#CCCCl)c(CC)c1. The third kappa shape index (κ3) is 3.79. The van der Waals surface area contributed by atoms with E-state index in [2.05, 4.69) is 44.7 Å². The molecule has 0 nitrogen and oxygen atoms in total. The predicted molar refractivity (Wildman–Crippen MR) is 76.8 cm³/mol. The van der Waals surface area contributed by atoms with Crippen molar-refractivity contribution in [3.8, 4) is 11.8 Å². The number of hydrogen-bond acceptors (Lipinski definition) is 0. The molecule has 0 radical (unpaired) electrons. The second kappa shape index (κ2) is 7.41. The van der Waals surface area contributed by atoms with Crippen LogP contribution in [0.15, 0.2) is 12.1 Å². The first-order valence-electron chi connectivity index (χ1n) is 6.46. The summed E-state index contributed by atoms with van der Waals surface area (Å²) in [6.45, 7) is 6.59. The number of alkyl halides is 1. The van der Waals surface area contributed by atoms with Crippen molar-refractivity contribution >= 4 is 11.6 Å². The Morgan fingerprint density at radius 3 is 2.00 bits per heavy atom. The molecule has 0 aliphatic carbocycles. The van der Waals surface area contributed by atoms with Gasteiger partial charge in [0.2, 0.25) is 0 Å². The van der Waals surface area contributed by atoms with Crippen molar-refractivity contribution in [2.24, 2.45) is 0 Å². The summed E-state index contributed by atoms with van der Waals surface area (Å²) >= 11 is 5.66. The van der Waals surface area contributed by atoms with Crippen molar-refractivity contribution in [3.63, 3.8) is 0 Å². The lowest BCUT2D eigenvalue weighted by atomic mass is 9.94. The zero-order chi connectivity index (χ0) is 12.7. The lowest BCUT2D eigenvalue weighted by Crippen LogP contribution is -1.98. The zero-order valence-corrected chi connectivity index (χ0v) is 11.8. The van der Waals surface area contributed by atoms with Crippen molar-refractivity contribution in [1.29, 1.82) is 0 Å². The Kier molecular flexibility index (Phi) is 6.16. The van der Waals surface area contributed by atoms with Gasteiger partial charge in [0.05, 0.1) is 0 Å². The molecule has 0 aliphatic heterocycles. The molecular weight excluding hydrogens is 228 g/mol. The zero-order valence-electron chi connectivity index (χ0n) is 11.1. The van der Waals surface area contributed by atoms with Crippen molar-refractivity contribution in [2.75, 3.05) is 5.88 Å². The fraction of sp³-hybridized carbons (Fsp3) is 0.500. The molecule has 92 valence electrons. The summed E-state index contributed by atoms with van der Waals surface area (Å²) in [5.74, 6) is 7.07. The maximum Gasteiger partial charge on any atom is 0.0333 e.